The Labute approximate surface area is 107 Å². The van der Waals surface area contributed by atoms with E-state index in [0.717, 1.165) is 0 Å². The van der Waals surface area contributed by atoms with Crippen LogP contribution in [0.25, 0.3) is 10.9 Å². The van der Waals surface area contributed by atoms with E-state index in [9.17, 15) is 9.18 Å². The van der Waals surface area contributed by atoms with Crippen LogP contribution in [-0.2, 0) is 11.2 Å². The summed E-state index contributed by atoms with van der Waals surface area (Å²) in [5, 5.41) is 20.5. The first-order chi connectivity index (χ1) is 9.02. The summed E-state index contributed by atoms with van der Waals surface area (Å²) in [6.45, 7) is 0. The van der Waals surface area contributed by atoms with Crippen LogP contribution in [0.1, 0.15) is 17.5 Å². The molecule has 0 saturated carbocycles. The van der Waals surface area contributed by atoms with Crippen molar-refractivity contribution >= 4 is 22.7 Å². The van der Waals surface area contributed by atoms with Gasteiger partial charge in [-0.15, -0.1) is 0 Å². The number of amidine groups is 1. The third-order valence-electron chi connectivity index (χ3n) is 2.85. The van der Waals surface area contributed by atoms with Gasteiger partial charge < -0.3 is 21.0 Å². The number of carboxylic acid groups (broad SMARTS) is 1. The van der Waals surface area contributed by atoms with Crippen molar-refractivity contribution in [2.24, 2.45) is 10.9 Å². The van der Waals surface area contributed by atoms with E-state index in [1.165, 1.54) is 12.1 Å². The zero-order valence-corrected chi connectivity index (χ0v) is 9.85. The van der Waals surface area contributed by atoms with Crippen LogP contribution in [0.3, 0.4) is 0 Å². The van der Waals surface area contributed by atoms with Gasteiger partial charge in [0.1, 0.15) is 5.82 Å². The van der Waals surface area contributed by atoms with Crippen LogP contribution in [0.5, 0.6) is 0 Å². The molecule has 7 heteroatoms. The number of rotatable bonds is 4. The molecule has 0 bridgehead atoms. The molecule has 1 aromatic heterocycles. The lowest BCUT2D eigenvalue weighted by Crippen LogP contribution is -2.15. The van der Waals surface area contributed by atoms with Crippen molar-refractivity contribution in [3.8, 4) is 0 Å². The Hall–Kier alpha value is -2.57. The highest BCUT2D eigenvalue weighted by atomic mass is 19.1. The van der Waals surface area contributed by atoms with Crippen LogP contribution >= 0.6 is 0 Å². The predicted molar refractivity (Wildman–Crippen MR) is 66.7 cm³/mol. The Bertz CT molecular complexity index is 664. The molecular weight excluding hydrogens is 253 g/mol. The van der Waals surface area contributed by atoms with Crippen molar-refractivity contribution in [1.82, 2.24) is 4.98 Å². The zero-order valence-electron chi connectivity index (χ0n) is 9.85. The molecule has 0 amide bonds. The molecule has 19 heavy (non-hydrogen) atoms. The lowest BCUT2D eigenvalue weighted by molar-refractivity contribution is -0.136. The van der Waals surface area contributed by atoms with Gasteiger partial charge in [0, 0.05) is 23.5 Å². The molecule has 0 fully saturated rings. The summed E-state index contributed by atoms with van der Waals surface area (Å²) in [5.41, 5.74) is 6.66. The number of aromatic nitrogens is 1. The van der Waals surface area contributed by atoms with E-state index >= 15 is 0 Å². The highest BCUT2D eigenvalue weighted by molar-refractivity contribution is 6.00. The molecule has 0 aliphatic carbocycles. The summed E-state index contributed by atoms with van der Waals surface area (Å²) in [6.07, 6.45) is 1.90. The quantitative estimate of drug-likeness (QED) is 0.290. The standard InChI is InChI=1S/C12H12FN3O3/c13-9-3-7-6(1-2-11(17)18)5-15-10(7)4-8(9)12(14)16-19/h3-5,15,19H,1-2H2,(H2,14,16)(H,17,18). The third-order valence-corrected chi connectivity index (χ3v) is 2.85. The molecule has 0 atom stereocenters. The Balaban J connectivity index is 2.45. The van der Waals surface area contributed by atoms with E-state index in [2.05, 4.69) is 10.1 Å². The first kappa shape index (κ1) is 12.9. The van der Waals surface area contributed by atoms with E-state index in [1.54, 1.807) is 6.20 Å². The van der Waals surface area contributed by atoms with Crippen LogP contribution in [0.2, 0.25) is 0 Å². The van der Waals surface area contributed by atoms with Crippen molar-refractivity contribution in [2.45, 2.75) is 12.8 Å². The molecule has 5 N–H and O–H groups in total. The summed E-state index contributed by atoms with van der Waals surface area (Å²) < 4.78 is 13.8. The van der Waals surface area contributed by atoms with Crippen LogP contribution in [0, 0.1) is 5.82 Å². The van der Waals surface area contributed by atoms with Crippen LogP contribution < -0.4 is 5.73 Å². The maximum atomic E-state index is 13.8. The number of H-pyrrole nitrogens is 1. The number of nitrogens with zero attached hydrogens (tertiary/aromatic N) is 1. The maximum Gasteiger partial charge on any atom is 0.303 e. The molecular formula is C12H12FN3O3. The second kappa shape index (κ2) is 4.97. The molecule has 6 nitrogen and oxygen atoms in total. The van der Waals surface area contributed by atoms with Crippen LogP contribution in [-0.4, -0.2) is 27.1 Å². The molecule has 2 rings (SSSR count). The van der Waals surface area contributed by atoms with Gasteiger partial charge in [0.25, 0.3) is 0 Å². The smallest absolute Gasteiger partial charge is 0.303 e. The number of oxime groups is 1. The van der Waals surface area contributed by atoms with E-state index in [1.807, 2.05) is 0 Å². The van der Waals surface area contributed by atoms with Crippen molar-refractivity contribution in [3.63, 3.8) is 0 Å². The van der Waals surface area contributed by atoms with Gasteiger partial charge in [-0.05, 0) is 24.1 Å². The van der Waals surface area contributed by atoms with E-state index < -0.39 is 11.8 Å². The van der Waals surface area contributed by atoms with E-state index in [0.29, 0.717) is 22.9 Å². The van der Waals surface area contributed by atoms with E-state index in [4.69, 9.17) is 16.0 Å². The minimum absolute atomic E-state index is 0.0124. The molecule has 0 unspecified atom stereocenters. The molecule has 1 aromatic carbocycles. The molecule has 100 valence electrons. The Morgan fingerprint density at radius 3 is 2.84 bits per heavy atom. The van der Waals surface area contributed by atoms with Gasteiger partial charge in [0.05, 0.1) is 5.56 Å². The maximum absolute atomic E-state index is 13.8. The highest BCUT2D eigenvalue weighted by Gasteiger charge is 2.13. The summed E-state index contributed by atoms with van der Waals surface area (Å²) in [5.74, 6) is -1.86. The number of aliphatic carboxylic acids is 1. The van der Waals surface area contributed by atoms with Crippen molar-refractivity contribution in [3.05, 3.63) is 35.3 Å². The minimum Gasteiger partial charge on any atom is -0.481 e. The Morgan fingerprint density at radius 1 is 1.47 bits per heavy atom. The number of aryl methyl sites for hydroxylation is 1. The average molecular weight is 265 g/mol. The average Bonchev–Trinajstić information content (AvgIpc) is 2.76. The molecule has 0 spiro atoms. The molecule has 0 radical (unpaired) electrons. The highest BCUT2D eigenvalue weighted by Crippen LogP contribution is 2.23. The molecule has 2 aromatic rings. The van der Waals surface area contributed by atoms with Gasteiger partial charge in [-0.1, -0.05) is 5.16 Å². The number of aromatic amines is 1. The normalized spacial score (nSPS) is 11.9. The van der Waals surface area contributed by atoms with Gasteiger partial charge in [-0.3, -0.25) is 4.79 Å². The first-order valence-electron chi connectivity index (χ1n) is 5.52. The fourth-order valence-electron chi connectivity index (χ4n) is 1.90. The third kappa shape index (κ3) is 2.49. The number of halogens is 1. The second-order valence-corrected chi connectivity index (χ2v) is 4.07. The number of nitrogens with two attached hydrogens (primary N) is 1. The summed E-state index contributed by atoms with van der Waals surface area (Å²) in [7, 11) is 0. The van der Waals surface area contributed by atoms with Crippen LogP contribution in [0.15, 0.2) is 23.5 Å². The van der Waals surface area contributed by atoms with Crippen molar-refractivity contribution < 1.29 is 19.5 Å². The largest absolute Gasteiger partial charge is 0.481 e. The van der Waals surface area contributed by atoms with Crippen LogP contribution in [0.4, 0.5) is 4.39 Å². The van der Waals surface area contributed by atoms with Crippen molar-refractivity contribution in [2.75, 3.05) is 0 Å². The monoisotopic (exact) mass is 265 g/mol. The van der Waals surface area contributed by atoms with E-state index in [-0.39, 0.29) is 17.8 Å². The number of carboxylic acids is 1. The van der Waals surface area contributed by atoms with Gasteiger partial charge in [0.15, 0.2) is 5.84 Å². The number of hydrogen-bond acceptors (Lipinski definition) is 3. The molecule has 0 aliphatic heterocycles. The second-order valence-electron chi connectivity index (χ2n) is 4.07. The summed E-state index contributed by atoms with van der Waals surface area (Å²) in [6, 6.07) is 2.67. The summed E-state index contributed by atoms with van der Waals surface area (Å²) in [4.78, 5) is 13.4. The lowest BCUT2D eigenvalue weighted by atomic mass is 10.1. The minimum atomic E-state index is -0.914. The molecule has 1 heterocycles. The molecule has 0 aliphatic rings. The Kier molecular flexibility index (Phi) is 3.37. The zero-order chi connectivity index (χ0) is 14.0. The van der Waals surface area contributed by atoms with Gasteiger partial charge in [0.2, 0.25) is 0 Å². The first-order valence-corrected chi connectivity index (χ1v) is 5.52. The SMILES string of the molecule is NC(=NO)c1cc2[nH]cc(CCC(=O)O)c2cc1F. The van der Waals surface area contributed by atoms with Gasteiger partial charge in [-0.2, -0.15) is 0 Å². The topological polar surface area (TPSA) is 112 Å². The summed E-state index contributed by atoms with van der Waals surface area (Å²) >= 11 is 0. The number of hydrogen-bond donors (Lipinski definition) is 4. The number of nitrogens with one attached hydrogen (secondary N) is 1. The number of fused-ring (bicyclic) bond motifs is 1. The molecule has 0 saturated heterocycles. The number of benzene rings is 1. The Morgan fingerprint density at radius 2 is 2.21 bits per heavy atom. The number of carbonyl (C=O) groups is 1. The lowest BCUT2D eigenvalue weighted by Gasteiger charge is -2.02. The van der Waals surface area contributed by atoms with Gasteiger partial charge >= 0.3 is 5.97 Å². The van der Waals surface area contributed by atoms with Crippen molar-refractivity contribution in [1.29, 1.82) is 0 Å². The van der Waals surface area contributed by atoms with Gasteiger partial charge in [-0.25, -0.2) is 4.39 Å². The fourth-order valence-corrected chi connectivity index (χ4v) is 1.90. The predicted octanol–water partition coefficient (Wildman–Crippen LogP) is 1.42. The fraction of sp³-hybridized carbons (Fsp3) is 0.167.